The molecule has 2 N–H and O–H groups in total. The van der Waals surface area contributed by atoms with E-state index < -0.39 is 0 Å². The van der Waals surface area contributed by atoms with Crippen molar-refractivity contribution in [3.8, 4) is 0 Å². The van der Waals surface area contributed by atoms with E-state index in [1.165, 1.54) is 5.56 Å². The van der Waals surface area contributed by atoms with Gasteiger partial charge in [-0.2, -0.15) is 0 Å². The summed E-state index contributed by atoms with van der Waals surface area (Å²) in [5.41, 5.74) is 2.25. The normalized spacial score (nSPS) is 13.5. The SMILES string of the molecule is Cc1csc([C@H](C)NC(=O)NC[C@@H](C)N(C)Cc2ccccc2)n1. The Labute approximate surface area is 148 Å². The van der Waals surface area contributed by atoms with Crippen LogP contribution in [0.15, 0.2) is 35.7 Å². The molecule has 0 saturated heterocycles. The number of carbonyl (C=O) groups excluding carboxylic acids is 1. The third-order valence-corrected chi connectivity index (χ3v) is 5.09. The molecule has 0 aliphatic carbocycles. The lowest BCUT2D eigenvalue weighted by Gasteiger charge is -2.25. The fourth-order valence-electron chi connectivity index (χ4n) is 2.30. The number of nitrogens with zero attached hydrogens (tertiary/aromatic N) is 2. The molecule has 0 spiro atoms. The first-order chi connectivity index (χ1) is 11.5. The highest BCUT2D eigenvalue weighted by Gasteiger charge is 2.14. The highest BCUT2D eigenvalue weighted by atomic mass is 32.1. The second-order valence-electron chi connectivity index (χ2n) is 6.15. The van der Waals surface area contributed by atoms with E-state index in [0.29, 0.717) is 6.54 Å². The minimum absolute atomic E-state index is 0.0824. The van der Waals surface area contributed by atoms with Crippen LogP contribution in [-0.2, 0) is 6.54 Å². The Morgan fingerprint density at radius 2 is 2.00 bits per heavy atom. The summed E-state index contributed by atoms with van der Waals surface area (Å²) in [4.78, 5) is 18.7. The van der Waals surface area contributed by atoms with Gasteiger partial charge < -0.3 is 10.6 Å². The van der Waals surface area contributed by atoms with E-state index in [4.69, 9.17) is 0 Å². The Hall–Kier alpha value is -1.92. The summed E-state index contributed by atoms with van der Waals surface area (Å²) in [6.45, 7) is 7.47. The molecule has 2 aromatic rings. The highest BCUT2D eigenvalue weighted by Crippen LogP contribution is 2.17. The standard InChI is InChI=1S/C18H26N4OS/c1-13-12-24-17(20-13)15(3)21-18(23)19-10-14(2)22(4)11-16-8-6-5-7-9-16/h5-9,12,14-15H,10-11H2,1-4H3,(H2,19,21,23)/t14-,15+/m1/s1. The van der Waals surface area contributed by atoms with Gasteiger partial charge in [0.25, 0.3) is 0 Å². The first kappa shape index (κ1) is 18.4. The fourth-order valence-corrected chi connectivity index (χ4v) is 3.11. The van der Waals surface area contributed by atoms with Crippen LogP contribution in [0, 0.1) is 6.92 Å². The summed E-state index contributed by atoms with van der Waals surface area (Å²) < 4.78 is 0. The van der Waals surface area contributed by atoms with Crippen molar-refractivity contribution in [1.29, 1.82) is 0 Å². The smallest absolute Gasteiger partial charge is 0.315 e. The number of nitrogens with one attached hydrogen (secondary N) is 2. The van der Waals surface area contributed by atoms with Gasteiger partial charge in [0.15, 0.2) is 0 Å². The van der Waals surface area contributed by atoms with Crippen molar-refractivity contribution in [2.45, 2.75) is 39.4 Å². The predicted molar refractivity (Wildman–Crippen MR) is 99.2 cm³/mol. The van der Waals surface area contributed by atoms with Crippen molar-refractivity contribution in [3.63, 3.8) is 0 Å². The number of rotatable bonds is 7. The number of carbonyl (C=O) groups is 1. The molecule has 0 aliphatic heterocycles. The maximum atomic E-state index is 12.1. The molecule has 2 rings (SSSR count). The molecular weight excluding hydrogens is 320 g/mol. The summed E-state index contributed by atoms with van der Waals surface area (Å²) in [5.74, 6) is 0. The van der Waals surface area contributed by atoms with Crippen molar-refractivity contribution in [1.82, 2.24) is 20.5 Å². The Balaban J connectivity index is 1.74. The number of thiazole rings is 1. The van der Waals surface area contributed by atoms with Crippen LogP contribution < -0.4 is 10.6 Å². The van der Waals surface area contributed by atoms with Gasteiger partial charge in [0.1, 0.15) is 5.01 Å². The summed E-state index contributed by atoms with van der Waals surface area (Å²) in [7, 11) is 2.07. The van der Waals surface area contributed by atoms with Gasteiger partial charge in [-0.1, -0.05) is 30.3 Å². The summed E-state index contributed by atoms with van der Waals surface area (Å²) in [5, 5.41) is 8.79. The van der Waals surface area contributed by atoms with E-state index in [-0.39, 0.29) is 18.1 Å². The number of amides is 2. The van der Waals surface area contributed by atoms with Crippen molar-refractivity contribution in [2.24, 2.45) is 0 Å². The molecule has 0 radical (unpaired) electrons. The number of hydrogen-bond donors (Lipinski definition) is 2. The average molecular weight is 346 g/mol. The number of aromatic nitrogens is 1. The number of benzene rings is 1. The third-order valence-electron chi connectivity index (χ3n) is 3.94. The molecule has 6 heteroatoms. The maximum Gasteiger partial charge on any atom is 0.315 e. The highest BCUT2D eigenvalue weighted by molar-refractivity contribution is 7.09. The largest absolute Gasteiger partial charge is 0.337 e. The van der Waals surface area contributed by atoms with Gasteiger partial charge in [-0.25, -0.2) is 9.78 Å². The molecule has 0 fully saturated rings. The maximum absolute atomic E-state index is 12.1. The van der Waals surface area contributed by atoms with Gasteiger partial charge in [0, 0.05) is 30.2 Å². The lowest BCUT2D eigenvalue weighted by Crippen LogP contribution is -2.44. The van der Waals surface area contributed by atoms with Gasteiger partial charge in [-0.15, -0.1) is 11.3 Å². The predicted octanol–water partition coefficient (Wildman–Crippen LogP) is 3.33. The lowest BCUT2D eigenvalue weighted by atomic mass is 10.2. The molecule has 0 unspecified atom stereocenters. The summed E-state index contributed by atoms with van der Waals surface area (Å²) >= 11 is 1.57. The first-order valence-corrected chi connectivity index (χ1v) is 9.04. The Morgan fingerprint density at radius 1 is 1.29 bits per heavy atom. The van der Waals surface area contributed by atoms with Gasteiger partial charge in [0.05, 0.1) is 6.04 Å². The van der Waals surface area contributed by atoms with Crippen LogP contribution in [0.2, 0.25) is 0 Å². The summed E-state index contributed by atoms with van der Waals surface area (Å²) in [6.07, 6.45) is 0. The van der Waals surface area contributed by atoms with Gasteiger partial charge >= 0.3 is 6.03 Å². The van der Waals surface area contributed by atoms with Crippen molar-refractivity contribution in [3.05, 3.63) is 52.0 Å². The Bertz CT molecular complexity index is 643. The zero-order valence-corrected chi connectivity index (χ0v) is 15.6. The third kappa shape index (κ3) is 5.62. The summed E-state index contributed by atoms with van der Waals surface area (Å²) in [6, 6.07) is 10.3. The second-order valence-corrected chi connectivity index (χ2v) is 7.04. The lowest BCUT2D eigenvalue weighted by molar-refractivity contribution is 0.221. The van der Waals surface area contributed by atoms with Gasteiger partial charge in [-0.05, 0) is 33.4 Å². The molecule has 2 atom stereocenters. The number of aryl methyl sites for hydroxylation is 1. The molecule has 0 bridgehead atoms. The topological polar surface area (TPSA) is 57.3 Å². The van der Waals surface area contributed by atoms with E-state index in [1.54, 1.807) is 11.3 Å². The minimum Gasteiger partial charge on any atom is -0.337 e. The van der Waals surface area contributed by atoms with Crippen LogP contribution in [0.5, 0.6) is 0 Å². The zero-order valence-electron chi connectivity index (χ0n) is 14.7. The number of hydrogen-bond acceptors (Lipinski definition) is 4. The fraction of sp³-hybridized carbons (Fsp3) is 0.444. The average Bonchev–Trinajstić information content (AvgIpc) is 3.00. The molecule has 130 valence electrons. The molecule has 1 aromatic heterocycles. The molecule has 1 heterocycles. The minimum atomic E-state index is -0.157. The molecule has 0 saturated carbocycles. The number of likely N-dealkylation sites (N-methyl/N-ethyl adjacent to an activating group) is 1. The van der Waals surface area contributed by atoms with Gasteiger partial charge in [0.2, 0.25) is 0 Å². The molecule has 2 amide bonds. The van der Waals surface area contributed by atoms with Crippen LogP contribution in [-0.4, -0.2) is 35.5 Å². The molecule has 1 aromatic carbocycles. The monoisotopic (exact) mass is 346 g/mol. The van der Waals surface area contributed by atoms with E-state index >= 15 is 0 Å². The van der Waals surface area contributed by atoms with E-state index in [9.17, 15) is 4.79 Å². The van der Waals surface area contributed by atoms with Gasteiger partial charge in [-0.3, -0.25) is 4.90 Å². The van der Waals surface area contributed by atoms with Crippen LogP contribution in [0.1, 0.15) is 36.2 Å². The zero-order chi connectivity index (χ0) is 17.5. The van der Waals surface area contributed by atoms with E-state index in [1.807, 2.05) is 37.4 Å². The van der Waals surface area contributed by atoms with E-state index in [0.717, 1.165) is 17.2 Å². The van der Waals surface area contributed by atoms with Crippen molar-refractivity contribution >= 4 is 17.4 Å². The van der Waals surface area contributed by atoms with Crippen molar-refractivity contribution in [2.75, 3.05) is 13.6 Å². The molecule has 5 nitrogen and oxygen atoms in total. The van der Waals surface area contributed by atoms with Crippen LogP contribution in [0.25, 0.3) is 0 Å². The quantitative estimate of drug-likeness (QED) is 0.808. The van der Waals surface area contributed by atoms with Crippen LogP contribution in [0.3, 0.4) is 0 Å². The molecular formula is C18H26N4OS. The molecule has 24 heavy (non-hydrogen) atoms. The first-order valence-electron chi connectivity index (χ1n) is 8.16. The van der Waals surface area contributed by atoms with Crippen LogP contribution in [0.4, 0.5) is 4.79 Å². The second kappa shape index (κ2) is 8.80. The molecule has 0 aliphatic rings. The van der Waals surface area contributed by atoms with E-state index in [2.05, 4.69) is 46.6 Å². The van der Waals surface area contributed by atoms with Crippen LogP contribution >= 0.6 is 11.3 Å². The van der Waals surface area contributed by atoms with Crippen molar-refractivity contribution < 1.29 is 4.79 Å². The Morgan fingerprint density at radius 3 is 2.62 bits per heavy atom. The Kier molecular flexibility index (Phi) is 6.75. The number of urea groups is 1.